The van der Waals surface area contributed by atoms with E-state index >= 15 is 0 Å². The summed E-state index contributed by atoms with van der Waals surface area (Å²) < 4.78 is 0. The third kappa shape index (κ3) is 3.73. The Morgan fingerprint density at radius 1 is 1.19 bits per heavy atom. The molecule has 8 nitrogen and oxygen atoms in total. The summed E-state index contributed by atoms with van der Waals surface area (Å²) in [6, 6.07) is 3.88. The van der Waals surface area contributed by atoms with Gasteiger partial charge in [-0.25, -0.2) is 19.9 Å². The predicted molar refractivity (Wildman–Crippen MR) is 131 cm³/mol. The molecule has 0 radical (unpaired) electrons. The quantitative estimate of drug-likeness (QED) is 0.362. The Morgan fingerprint density at radius 3 is 2.72 bits per heavy atom. The number of anilines is 2. The fourth-order valence-electron chi connectivity index (χ4n) is 4.07. The maximum Gasteiger partial charge on any atom is 0.196 e. The summed E-state index contributed by atoms with van der Waals surface area (Å²) >= 11 is 14.6. The van der Waals surface area contributed by atoms with Crippen LogP contribution in [0.4, 0.5) is 11.6 Å². The van der Waals surface area contributed by atoms with Gasteiger partial charge >= 0.3 is 0 Å². The number of fused-ring (bicyclic) bond motifs is 2. The first-order chi connectivity index (χ1) is 15.3. The minimum absolute atomic E-state index is 0.118. The van der Waals surface area contributed by atoms with Crippen molar-refractivity contribution < 1.29 is 0 Å². The molecule has 0 bridgehead atoms. The first-order valence-corrected chi connectivity index (χ1v) is 11.9. The number of hydrogen-bond donors (Lipinski definition) is 3. The SMILES string of the molecule is CCc1[nH]c2nc(Sc3cc(Cl)c4c(N)nc(C)nc4c3)nc(N3CC[C@H](N)C3)c2c1Cl. The number of aryl methyl sites for hydroxylation is 2. The lowest BCUT2D eigenvalue weighted by molar-refractivity contribution is 0.751. The van der Waals surface area contributed by atoms with Crippen LogP contribution in [0, 0.1) is 6.92 Å². The highest BCUT2D eigenvalue weighted by Gasteiger charge is 2.26. The van der Waals surface area contributed by atoms with Crippen molar-refractivity contribution in [3.8, 4) is 0 Å². The molecule has 11 heteroatoms. The summed E-state index contributed by atoms with van der Waals surface area (Å²) in [5.41, 5.74) is 14.6. The number of nitrogens with two attached hydrogens (primary N) is 2. The number of nitrogen functional groups attached to an aromatic ring is 1. The standard InChI is InChI=1S/C21H22Cl2N8S/c1-3-13-17(23)16-19(28-13)29-21(30-20(16)31-5-4-10(24)8-31)32-11-6-12(22)15-14(7-11)26-9(2)27-18(15)25/h6-7,10H,3-5,8,24H2,1-2H3,(H2,25,26,27)(H,28,29,30)/t10-/m0/s1. The van der Waals surface area contributed by atoms with E-state index in [0.717, 1.165) is 47.7 Å². The molecule has 166 valence electrons. The van der Waals surface area contributed by atoms with Gasteiger partial charge in [-0.2, -0.15) is 0 Å². The Balaban J connectivity index is 1.62. The topological polar surface area (TPSA) is 123 Å². The molecule has 1 aliphatic rings. The van der Waals surface area contributed by atoms with E-state index in [1.807, 2.05) is 12.1 Å². The number of aromatic nitrogens is 5. The van der Waals surface area contributed by atoms with Gasteiger partial charge in [0.25, 0.3) is 0 Å². The molecule has 5 rings (SSSR count). The number of halogens is 2. The number of nitrogens with zero attached hydrogens (tertiary/aromatic N) is 5. The first kappa shape index (κ1) is 21.5. The highest BCUT2D eigenvalue weighted by Crippen LogP contribution is 2.39. The van der Waals surface area contributed by atoms with Crippen molar-refractivity contribution in [1.29, 1.82) is 0 Å². The monoisotopic (exact) mass is 488 g/mol. The fraction of sp³-hybridized carbons (Fsp3) is 0.333. The zero-order valence-electron chi connectivity index (χ0n) is 17.6. The molecule has 1 aliphatic heterocycles. The van der Waals surface area contributed by atoms with Gasteiger partial charge in [-0.1, -0.05) is 30.1 Å². The van der Waals surface area contributed by atoms with Gasteiger partial charge in [-0.05, 0) is 43.7 Å². The minimum atomic E-state index is 0.118. The van der Waals surface area contributed by atoms with Crippen molar-refractivity contribution in [3.63, 3.8) is 0 Å². The number of aromatic amines is 1. The van der Waals surface area contributed by atoms with E-state index in [2.05, 4.69) is 26.8 Å². The van der Waals surface area contributed by atoms with Crippen LogP contribution >= 0.6 is 35.0 Å². The number of nitrogens with one attached hydrogen (secondary N) is 1. The van der Waals surface area contributed by atoms with E-state index in [1.54, 1.807) is 6.92 Å². The van der Waals surface area contributed by atoms with Gasteiger partial charge in [0.2, 0.25) is 0 Å². The maximum absolute atomic E-state index is 6.69. The molecule has 1 fully saturated rings. The zero-order valence-corrected chi connectivity index (χ0v) is 19.9. The summed E-state index contributed by atoms with van der Waals surface area (Å²) in [4.78, 5) is 24.7. The second-order valence-corrected chi connectivity index (χ2v) is 9.70. The van der Waals surface area contributed by atoms with Crippen molar-refractivity contribution in [3.05, 3.63) is 33.7 Å². The van der Waals surface area contributed by atoms with Gasteiger partial charge in [0.1, 0.15) is 23.1 Å². The third-order valence-corrected chi connectivity index (χ3v) is 7.13. The molecule has 1 atom stereocenters. The largest absolute Gasteiger partial charge is 0.383 e. The van der Waals surface area contributed by atoms with Crippen LogP contribution in [0.25, 0.3) is 21.9 Å². The molecule has 0 amide bonds. The Kier molecular flexibility index (Phi) is 5.53. The van der Waals surface area contributed by atoms with Crippen LogP contribution in [0.15, 0.2) is 22.2 Å². The van der Waals surface area contributed by atoms with Crippen LogP contribution in [0.2, 0.25) is 10.0 Å². The molecule has 3 aromatic heterocycles. The Morgan fingerprint density at radius 2 is 2.00 bits per heavy atom. The first-order valence-electron chi connectivity index (χ1n) is 10.3. The van der Waals surface area contributed by atoms with Crippen LogP contribution in [-0.2, 0) is 6.42 Å². The van der Waals surface area contributed by atoms with Gasteiger partial charge in [0.05, 0.1) is 26.3 Å². The number of rotatable bonds is 4. The van der Waals surface area contributed by atoms with E-state index in [-0.39, 0.29) is 6.04 Å². The van der Waals surface area contributed by atoms with Crippen molar-refractivity contribution in [2.24, 2.45) is 5.73 Å². The summed E-state index contributed by atoms with van der Waals surface area (Å²) in [6.07, 6.45) is 1.69. The molecule has 32 heavy (non-hydrogen) atoms. The second-order valence-electron chi connectivity index (χ2n) is 7.88. The second kappa shape index (κ2) is 8.22. The highest BCUT2D eigenvalue weighted by atomic mass is 35.5. The van der Waals surface area contributed by atoms with E-state index in [9.17, 15) is 0 Å². The zero-order chi connectivity index (χ0) is 22.6. The van der Waals surface area contributed by atoms with Crippen molar-refractivity contribution in [1.82, 2.24) is 24.9 Å². The van der Waals surface area contributed by atoms with E-state index in [4.69, 9.17) is 44.6 Å². The number of benzene rings is 1. The summed E-state index contributed by atoms with van der Waals surface area (Å²) in [6.45, 7) is 5.42. The van der Waals surface area contributed by atoms with Gasteiger partial charge in [-0.3, -0.25) is 0 Å². The molecule has 1 aromatic carbocycles. The molecule has 1 saturated heterocycles. The van der Waals surface area contributed by atoms with Crippen molar-refractivity contribution >= 4 is 68.5 Å². The lowest BCUT2D eigenvalue weighted by Gasteiger charge is -2.18. The summed E-state index contributed by atoms with van der Waals surface area (Å²) in [5.74, 6) is 1.76. The average molecular weight is 489 g/mol. The minimum Gasteiger partial charge on any atom is -0.383 e. The molecule has 0 saturated carbocycles. The van der Waals surface area contributed by atoms with E-state index in [0.29, 0.717) is 43.4 Å². The highest BCUT2D eigenvalue weighted by molar-refractivity contribution is 7.99. The summed E-state index contributed by atoms with van der Waals surface area (Å²) in [5, 5.41) is 3.24. The van der Waals surface area contributed by atoms with Crippen LogP contribution in [0.5, 0.6) is 0 Å². The van der Waals surface area contributed by atoms with Gasteiger partial charge in [-0.15, -0.1) is 0 Å². The Labute approximate surface area is 199 Å². The van der Waals surface area contributed by atoms with Crippen molar-refractivity contribution in [2.45, 2.75) is 42.8 Å². The van der Waals surface area contributed by atoms with Crippen LogP contribution in [0.1, 0.15) is 24.9 Å². The van der Waals surface area contributed by atoms with Crippen LogP contribution in [0.3, 0.4) is 0 Å². The molecule has 5 N–H and O–H groups in total. The van der Waals surface area contributed by atoms with Crippen molar-refractivity contribution in [2.75, 3.05) is 23.7 Å². The number of hydrogen-bond acceptors (Lipinski definition) is 8. The van der Waals surface area contributed by atoms with Gasteiger partial charge in [0, 0.05) is 29.7 Å². The molecule has 4 aromatic rings. The molecular formula is C21H22Cl2N8S. The Bertz CT molecular complexity index is 1360. The van der Waals surface area contributed by atoms with Crippen LogP contribution in [-0.4, -0.2) is 44.1 Å². The van der Waals surface area contributed by atoms with E-state index < -0.39 is 0 Å². The fourth-order valence-corrected chi connectivity index (χ4v) is 5.63. The smallest absolute Gasteiger partial charge is 0.196 e. The Hall–Kier alpha value is -2.33. The average Bonchev–Trinajstić information content (AvgIpc) is 3.29. The summed E-state index contributed by atoms with van der Waals surface area (Å²) in [7, 11) is 0. The lowest BCUT2D eigenvalue weighted by Crippen LogP contribution is -2.27. The molecular weight excluding hydrogens is 467 g/mol. The predicted octanol–water partition coefficient (Wildman–Crippen LogP) is 4.35. The number of H-pyrrole nitrogens is 1. The maximum atomic E-state index is 6.69. The van der Waals surface area contributed by atoms with Crippen LogP contribution < -0.4 is 16.4 Å². The molecule has 0 unspecified atom stereocenters. The molecule has 0 aliphatic carbocycles. The lowest BCUT2D eigenvalue weighted by atomic mass is 10.2. The van der Waals surface area contributed by atoms with Gasteiger partial charge < -0.3 is 21.4 Å². The van der Waals surface area contributed by atoms with E-state index in [1.165, 1.54) is 11.8 Å². The normalized spacial score (nSPS) is 16.5. The molecule has 4 heterocycles. The van der Waals surface area contributed by atoms with Gasteiger partial charge in [0.15, 0.2) is 5.16 Å². The molecule has 0 spiro atoms. The third-order valence-electron chi connectivity index (χ3n) is 5.57.